The smallest absolute Gasteiger partial charge is 0.276 e. The van der Waals surface area contributed by atoms with Crippen molar-refractivity contribution in [3.63, 3.8) is 0 Å². The number of carbonyl (C=O) groups excluding carboxylic acids is 3. The molecule has 1 saturated carbocycles. The second-order valence-corrected chi connectivity index (χ2v) is 10.6. The third kappa shape index (κ3) is 6.90. The highest BCUT2D eigenvalue weighted by molar-refractivity contribution is 7.99. The van der Waals surface area contributed by atoms with E-state index in [1.54, 1.807) is 24.3 Å². The fourth-order valence-corrected chi connectivity index (χ4v) is 4.62. The molecule has 178 valence electrons. The van der Waals surface area contributed by atoms with Crippen LogP contribution in [0.1, 0.15) is 75.5 Å². The summed E-state index contributed by atoms with van der Waals surface area (Å²) in [5.74, 6) is -1.80. The van der Waals surface area contributed by atoms with E-state index in [0.717, 1.165) is 6.42 Å². The van der Waals surface area contributed by atoms with E-state index in [0.29, 0.717) is 30.0 Å². The van der Waals surface area contributed by atoms with Crippen molar-refractivity contribution in [2.75, 3.05) is 0 Å². The molecule has 1 aliphatic carbocycles. The molecule has 0 radical (unpaired) electrons. The summed E-state index contributed by atoms with van der Waals surface area (Å²) < 4.78 is 5.72. The van der Waals surface area contributed by atoms with E-state index < -0.39 is 17.7 Å². The number of benzene rings is 1. The number of rotatable bonds is 9. The lowest BCUT2D eigenvalue weighted by molar-refractivity contribution is -0.134. The Morgan fingerprint density at radius 2 is 1.82 bits per heavy atom. The van der Waals surface area contributed by atoms with Gasteiger partial charge >= 0.3 is 0 Å². The Bertz CT molecular complexity index is 960. The van der Waals surface area contributed by atoms with Crippen LogP contribution >= 0.6 is 11.8 Å². The van der Waals surface area contributed by atoms with Gasteiger partial charge in [0.05, 0.1) is 5.92 Å². The predicted molar refractivity (Wildman–Crippen MR) is 126 cm³/mol. The van der Waals surface area contributed by atoms with E-state index in [9.17, 15) is 14.4 Å². The van der Waals surface area contributed by atoms with Gasteiger partial charge in [-0.2, -0.15) is 0 Å². The Kier molecular flexibility index (Phi) is 8.66. The molecule has 0 unspecified atom stereocenters. The molecule has 2 aromatic rings. The van der Waals surface area contributed by atoms with E-state index in [1.807, 2.05) is 33.8 Å². The number of nitrogens with one attached hydrogen (secondary N) is 2. The molecule has 0 bridgehead atoms. The van der Waals surface area contributed by atoms with Crippen molar-refractivity contribution in [3.8, 4) is 0 Å². The highest BCUT2D eigenvalue weighted by Crippen LogP contribution is 2.29. The van der Waals surface area contributed by atoms with E-state index in [1.165, 1.54) is 11.8 Å². The Morgan fingerprint density at radius 3 is 2.48 bits per heavy atom. The number of imide groups is 1. The maximum atomic E-state index is 13.1. The van der Waals surface area contributed by atoms with Crippen molar-refractivity contribution in [2.45, 2.75) is 75.8 Å². The first-order valence-corrected chi connectivity index (χ1v) is 12.3. The van der Waals surface area contributed by atoms with Gasteiger partial charge in [0, 0.05) is 16.9 Å². The number of nitrogens with zero attached hydrogens (tertiary/aromatic N) is 2. The molecule has 33 heavy (non-hydrogen) atoms. The maximum absolute atomic E-state index is 13.1. The molecule has 3 amide bonds. The van der Waals surface area contributed by atoms with Crippen molar-refractivity contribution < 1.29 is 18.8 Å². The van der Waals surface area contributed by atoms with Gasteiger partial charge in [0.1, 0.15) is 5.92 Å². The molecule has 1 aliphatic rings. The third-order valence-electron chi connectivity index (χ3n) is 5.53. The first-order chi connectivity index (χ1) is 15.7. The third-order valence-corrected chi connectivity index (χ3v) is 6.37. The second kappa shape index (κ2) is 11.4. The number of carbonyl (C=O) groups is 3. The van der Waals surface area contributed by atoms with Gasteiger partial charge in [-0.1, -0.05) is 64.1 Å². The summed E-state index contributed by atoms with van der Waals surface area (Å²) in [7, 11) is 0. The van der Waals surface area contributed by atoms with Gasteiger partial charge in [-0.25, -0.2) is 0 Å². The number of hydrogen-bond acceptors (Lipinski definition) is 7. The van der Waals surface area contributed by atoms with Crippen molar-refractivity contribution in [1.82, 2.24) is 20.8 Å². The molecular weight excluding hydrogens is 440 g/mol. The van der Waals surface area contributed by atoms with Crippen molar-refractivity contribution in [2.24, 2.45) is 11.8 Å². The van der Waals surface area contributed by atoms with Crippen LogP contribution in [0, 0.1) is 11.8 Å². The van der Waals surface area contributed by atoms with Gasteiger partial charge in [-0.15, -0.1) is 10.2 Å². The lowest BCUT2D eigenvalue weighted by atomic mass is 9.95. The van der Waals surface area contributed by atoms with Gasteiger partial charge in [0.25, 0.3) is 11.1 Å². The van der Waals surface area contributed by atoms with Gasteiger partial charge in [0.15, 0.2) is 0 Å². The summed E-state index contributed by atoms with van der Waals surface area (Å²) in [4.78, 5) is 38.6. The molecule has 3 rings (SSSR count). The first-order valence-electron chi connectivity index (χ1n) is 11.4. The van der Waals surface area contributed by atoms with Crippen LogP contribution in [0.5, 0.6) is 0 Å². The average Bonchev–Trinajstić information content (AvgIpc) is 3.41. The van der Waals surface area contributed by atoms with Crippen molar-refractivity contribution in [3.05, 3.63) is 41.8 Å². The van der Waals surface area contributed by atoms with E-state index in [-0.39, 0.29) is 34.9 Å². The number of aromatic nitrogens is 2. The molecule has 1 aromatic carbocycles. The molecule has 9 heteroatoms. The number of amides is 3. The topological polar surface area (TPSA) is 114 Å². The summed E-state index contributed by atoms with van der Waals surface area (Å²) in [5.41, 5.74) is 0.545. The van der Waals surface area contributed by atoms with Crippen LogP contribution in [-0.2, 0) is 9.59 Å². The molecule has 0 saturated heterocycles. The monoisotopic (exact) mass is 472 g/mol. The normalized spacial score (nSPS) is 19.0. The minimum absolute atomic E-state index is 0.188. The average molecular weight is 473 g/mol. The zero-order chi connectivity index (χ0) is 24.0. The Morgan fingerprint density at radius 1 is 1.09 bits per heavy atom. The molecule has 8 nitrogen and oxygen atoms in total. The van der Waals surface area contributed by atoms with Crippen LogP contribution < -0.4 is 10.6 Å². The first kappa shape index (κ1) is 25.0. The number of thioether (sulfide) groups is 1. The van der Waals surface area contributed by atoms with Gasteiger partial charge in [0.2, 0.25) is 17.7 Å². The molecule has 3 atom stereocenters. The zero-order valence-electron chi connectivity index (χ0n) is 19.5. The molecular formula is C24H32N4O4S. The van der Waals surface area contributed by atoms with E-state index in [4.69, 9.17) is 4.42 Å². The van der Waals surface area contributed by atoms with Crippen LogP contribution in [0.25, 0.3) is 0 Å². The standard InChI is InChI=1S/C24H32N4O4S/c1-14(2)13-18(23-27-28-24(32-23)33-15(3)4)22(31)26-21(30)17-11-8-12-19(17)25-20(29)16-9-6-5-7-10-16/h5-7,9-10,14-15,17-19H,8,11-13H2,1-4H3,(H,25,29)(H,26,30,31)/t17-,18-,19+/m1/s1. The maximum Gasteiger partial charge on any atom is 0.276 e. The molecule has 0 aliphatic heterocycles. The largest absolute Gasteiger partial charge is 0.415 e. The summed E-state index contributed by atoms with van der Waals surface area (Å²) in [6, 6.07) is 8.58. The Hall–Kier alpha value is -2.68. The van der Waals surface area contributed by atoms with Crippen molar-refractivity contribution in [1.29, 1.82) is 0 Å². The Balaban J connectivity index is 1.66. The minimum atomic E-state index is -0.707. The fourth-order valence-electron chi connectivity index (χ4n) is 3.99. The van der Waals surface area contributed by atoms with E-state index in [2.05, 4.69) is 20.8 Å². The van der Waals surface area contributed by atoms with E-state index >= 15 is 0 Å². The van der Waals surface area contributed by atoms with Crippen LogP contribution in [-0.4, -0.2) is 39.2 Å². The molecule has 1 heterocycles. The summed E-state index contributed by atoms with van der Waals surface area (Å²) in [6.07, 6.45) is 2.59. The lowest BCUT2D eigenvalue weighted by Gasteiger charge is -2.21. The zero-order valence-corrected chi connectivity index (χ0v) is 20.4. The molecule has 1 aromatic heterocycles. The van der Waals surface area contributed by atoms with Crippen LogP contribution in [0.4, 0.5) is 0 Å². The van der Waals surface area contributed by atoms with Gasteiger partial charge in [-0.3, -0.25) is 19.7 Å². The predicted octanol–water partition coefficient (Wildman–Crippen LogP) is 3.94. The van der Waals surface area contributed by atoms with Crippen LogP contribution in [0.3, 0.4) is 0 Å². The summed E-state index contributed by atoms with van der Waals surface area (Å²) in [5, 5.41) is 14.3. The number of hydrogen-bond donors (Lipinski definition) is 2. The van der Waals surface area contributed by atoms with Crippen molar-refractivity contribution >= 4 is 29.5 Å². The fraction of sp³-hybridized carbons (Fsp3) is 0.542. The molecule has 0 spiro atoms. The lowest BCUT2D eigenvalue weighted by Crippen LogP contribution is -2.46. The van der Waals surface area contributed by atoms with Gasteiger partial charge in [-0.05, 0) is 37.3 Å². The van der Waals surface area contributed by atoms with Gasteiger partial charge < -0.3 is 9.73 Å². The van der Waals surface area contributed by atoms with Crippen LogP contribution in [0.2, 0.25) is 0 Å². The Labute approximate surface area is 198 Å². The summed E-state index contributed by atoms with van der Waals surface area (Å²) in [6.45, 7) is 8.02. The highest BCUT2D eigenvalue weighted by Gasteiger charge is 2.37. The molecule has 1 fully saturated rings. The minimum Gasteiger partial charge on any atom is -0.415 e. The highest BCUT2D eigenvalue weighted by atomic mass is 32.2. The second-order valence-electron chi connectivity index (χ2n) is 9.09. The molecule has 2 N–H and O–H groups in total. The summed E-state index contributed by atoms with van der Waals surface area (Å²) >= 11 is 1.43. The van der Waals surface area contributed by atoms with Crippen LogP contribution in [0.15, 0.2) is 40.0 Å². The SMILES string of the molecule is CC(C)C[C@H](C(=O)NC(=O)[C@@H]1CCC[C@@H]1NC(=O)c1ccccc1)c1nnc(SC(C)C)o1. The quantitative estimate of drug-likeness (QED) is 0.531.